The van der Waals surface area contributed by atoms with Crippen LogP contribution in [0, 0.1) is 16.1 Å². The van der Waals surface area contributed by atoms with Crippen molar-refractivity contribution in [2.24, 2.45) is 5.84 Å². The van der Waals surface area contributed by atoms with Gasteiger partial charge in [0.15, 0.2) is 10.6 Å². The molecular weight excluding hydrogens is 242 g/mol. The summed E-state index contributed by atoms with van der Waals surface area (Å²) in [6.45, 7) is 0. The third kappa shape index (κ3) is 1.81. The zero-order chi connectivity index (χ0) is 11.5. The number of rotatable bonds is 2. The average Bonchev–Trinajstić information content (AvgIpc) is 2.81. The minimum absolute atomic E-state index is 0.287. The molecule has 0 fully saturated rings. The second kappa shape index (κ2) is 4.40. The van der Waals surface area contributed by atoms with Crippen molar-refractivity contribution in [1.82, 2.24) is 9.97 Å². The van der Waals surface area contributed by atoms with Crippen molar-refractivity contribution >= 4 is 29.4 Å². The summed E-state index contributed by atoms with van der Waals surface area (Å²) in [7, 11) is 0. The van der Waals surface area contributed by atoms with E-state index in [1.54, 1.807) is 0 Å². The van der Waals surface area contributed by atoms with Crippen molar-refractivity contribution < 1.29 is 0 Å². The van der Waals surface area contributed by atoms with E-state index in [9.17, 15) is 0 Å². The standard InChI is InChI=1S/C9H7N5S2/c10-4-5-7(6-2-1-3-16-6)12-9(15)13-8(5)14-11/h1-3H,11H2,(H2,12,13,14,15). The van der Waals surface area contributed by atoms with Crippen molar-refractivity contribution in [2.45, 2.75) is 0 Å². The van der Waals surface area contributed by atoms with Crippen molar-refractivity contribution in [3.63, 3.8) is 0 Å². The van der Waals surface area contributed by atoms with Gasteiger partial charge >= 0.3 is 0 Å². The highest BCUT2D eigenvalue weighted by Gasteiger charge is 2.12. The van der Waals surface area contributed by atoms with Gasteiger partial charge in [0.25, 0.3) is 0 Å². The largest absolute Gasteiger partial charge is 0.328 e. The number of anilines is 1. The molecule has 0 aliphatic heterocycles. The van der Waals surface area contributed by atoms with E-state index < -0.39 is 0 Å². The molecule has 80 valence electrons. The Morgan fingerprint density at radius 1 is 1.62 bits per heavy atom. The Morgan fingerprint density at radius 2 is 2.44 bits per heavy atom. The van der Waals surface area contributed by atoms with Crippen LogP contribution in [0.3, 0.4) is 0 Å². The van der Waals surface area contributed by atoms with Crippen LogP contribution in [0.1, 0.15) is 5.56 Å². The maximum Gasteiger partial charge on any atom is 0.199 e. The van der Waals surface area contributed by atoms with Crippen LogP contribution in [0.15, 0.2) is 17.5 Å². The maximum absolute atomic E-state index is 9.09. The average molecular weight is 249 g/mol. The molecule has 0 aliphatic carbocycles. The fraction of sp³-hybridized carbons (Fsp3) is 0. The maximum atomic E-state index is 9.09. The fourth-order valence-electron chi connectivity index (χ4n) is 1.29. The number of hydrogen-bond donors (Lipinski definition) is 3. The van der Waals surface area contributed by atoms with E-state index in [1.165, 1.54) is 11.3 Å². The van der Waals surface area contributed by atoms with E-state index in [2.05, 4.69) is 21.5 Å². The second-order valence-corrected chi connectivity index (χ2v) is 4.21. The van der Waals surface area contributed by atoms with Gasteiger partial charge in [-0.25, -0.2) is 10.8 Å². The van der Waals surface area contributed by atoms with Crippen LogP contribution >= 0.6 is 23.6 Å². The highest BCUT2D eigenvalue weighted by Crippen LogP contribution is 2.28. The van der Waals surface area contributed by atoms with Crippen LogP contribution in [0.2, 0.25) is 0 Å². The number of nitrogens with two attached hydrogens (primary N) is 1. The van der Waals surface area contributed by atoms with Crippen LogP contribution in [-0.2, 0) is 0 Å². The molecule has 0 unspecified atom stereocenters. The monoisotopic (exact) mass is 249 g/mol. The van der Waals surface area contributed by atoms with E-state index in [1.807, 2.05) is 17.5 Å². The van der Waals surface area contributed by atoms with Crippen LogP contribution in [0.4, 0.5) is 5.82 Å². The molecule has 16 heavy (non-hydrogen) atoms. The summed E-state index contributed by atoms with van der Waals surface area (Å²) in [5, 5.41) is 11.0. The number of hydrogen-bond acceptors (Lipinski definition) is 6. The quantitative estimate of drug-likeness (QED) is 0.430. The fourth-order valence-corrected chi connectivity index (χ4v) is 2.22. The molecule has 0 saturated carbocycles. The zero-order valence-corrected chi connectivity index (χ0v) is 9.65. The summed E-state index contributed by atoms with van der Waals surface area (Å²) < 4.78 is 0.287. The molecule has 2 heterocycles. The van der Waals surface area contributed by atoms with Gasteiger partial charge in [-0.1, -0.05) is 6.07 Å². The Hall–Kier alpha value is -1.75. The molecular formula is C9H7N5S2. The summed E-state index contributed by atoms with van der Waals surface area (Å²) in [5.74, 6) is 5.58. The third-order valence-electron chi connectivity index (χ3n) is 1.95. The van der Waals surface area contributed by atoms with E-state index in [0.29, 0.717) is 11.3 Å². The van der Waals surface area contributed by atoms with Gasteiger partial charge < -0.3 is 10.4 Å². The number of aromatic amines is 1. The molecule has 0 bridgehead atoms. The first-order chi connectivity index (χ1) is 7.76. The Morgan fingerprint density at radius 3 is 3.00 bits per heavy atom. The Bertz CT molecular complexity index is 593. The predicted octanol–water partition coefficient (Wildman–Crippen LogP) is 2.02. The van der Waals surface area contributed by atoms with Crippen LogP contribution in [0.25, 0.3) is 10.6 Å². The number of H-pyrrole nitrogens is 1. The van der Waals surface area contributed by atoms with Gasteiger partial charge in [0, 0.05) is 0 Å². The van der Waals surface area contributed by atoms with Crippen LogP contribution in [0.5, 0.6) is 0 Å². The Balaban J connectivity index is 2.75. The molecule has 0 aliphatic rings. The summed E-state index contributed by atoms with van der Waals surface area (Å²) in [4.78, 5) is 7.76. The minimum Gasteiger partial charge on any atom is -0.328 e. The predicted molar refractivity (Wildman–Crippen MR) is 65.3 cm³/mol. The molecule has 0 atom stereocenters. The number of nitrogens with zero attached hydrogens (tertiary/aromatic N) is 2. The number of nitrogen functional groups attached to an aromatic ring is 1. The van der Waals surface area contributed by atoms with Gasteiger partial charge in [-0.05, 0) is 23.7 Å². The van der Waals surface area contributed by atoms with Crippen molar-refractivity contribution in [2.75, 3.05) is 5.43 Å². The van der Waals surface area contributed by atoms with Gasteiger partial charge in [-0.15, -0.1) is 11.3 Å². The summed E-state index contributed by atoms with van der Waals surface area (Å²) in [6, 6.07) is 5.85. The molecule has 0 amide bonds. The van der Waals surface area contributed by atoms with Gasteiger partial charge in [-0.3, -0.25) is 0 Å². The molecule has 0 spiro atoms. The van der Waals surface area contributed by atoms with Gasteiger partial charge in [0.05, 0.1) is 10.6 Å². The first-order valence-corrected chi connectivity index (χ1v) is 5.60. The lowest BCUT2D eigenvalue weighted by molar-refractivity contribution is 1.11. The number of hydrazine groups is 1. The number of thiophene rings is 1. The molecule has 7 heteroatoms. The molecule has 0 aromatic carbocycles. The van der Waals surface area contributed by atoms with E-state index >= 15 is 0 Å². The topological polar surface area (TPSA) is 90.5 Å². The minimum atomic E-state index is 0.287. The smallest absolute Gasteiger partial charge is 0.199 e. The number of aromatic nitrogens is 2. The molecule has 0 saturated heterocycles. The van der Waals surface area contributed by atoms with Crippen LogP contribution < -0.4 is 11.3 Å². The Labute approximate surface area is 101 Å². The zero-order valence-electron chi connectivity index (χ0n) is 8.02. The summed E-state index contributed by atoms with van der Waals surface area (Å²) >= 11 is 6.48. The highest BCUT2D eigenvalue weighted by molar-refractivity contribution is 7.71. The van der Waals surface area contributed by atoms with E-state index in [0.717, 1.165) is 4.88 Å². The van der Waals surface area contributed by atoms with Gasteiger partial charge in [0.1, 0.15) is 11.6 Å². The van der Waals surface area contributed by atoms with Gasteiger partial charge in [0.2, 0.25) is 0 Å². The first-order valence-electron chi connectivity index (χ1n) is 4.31. The van der Waals surface area contributed by atoms with E-state index in [-0.39, 0.29) is 10.6 Å². The lowest BCUT2D eigenvalue weighted by atomic mass is 10.2. The molecule has 4 N–H and O–H groups in total. The third-order valence-corrected chi connectivity index (χ3v) is 3.03. The number of nitrogens with one attached hydrogen (secondary N) is 2. The number of nitriles is 1. The Kier molecular flexibility index (Phi) is 2.96. The molecule has 5 nitrogen and oxygen atoms in total. The lowest BCUT2D eigenvalue weighted by Crippen LogP contribution is -2.11. The SMILES string of the molecule is N#Cc1c(NN)nc(=S)[nH]c1-c1cccs1. The van der Waals surface area contributed by atoms with Crippen molar-refractivity contribution in [3.05, 3.63) is 27.8 Å². The van der Waals surface area contributed by atoms with Crippen molar-refractivity contribution in [1.29, 1.82) is 5.26 Å². The van der Waals surface area contributed by atoms with Crippen molar-refractivity contribution in [3.8, 4) is 16.6 Å². The molecule has 0 radical (unpaired) electrons. The molecule has 2 aromatic rings. The summed E-state index contributed by atoms with van der Waals surface area (Å²) in [5.41, 5.74) is 3.38. The van der Waals surface area contributed by atoms with Crippen LogP contribution in [-0.4, -0.2) is 9.97 Å². The second-order valence-electron chi connectivity index (χ2n) is 2.87. The normalized spacial score (nSPS) is 9.75. The molecule has 2 rings (SSSR count). The van der Waals surface area contributed by atoms with E-state index in [4.69, 9.17) is 23.3 Å². The van der Waals surface area contributed by atoms with Gasteiger partial charge in [-0.2, -0.15) is 5.26 Å². The summed E-state index contributed by atoms with van der Waals surface area (Å²) in [6.07, 6.45) is 0. The lowest BCUT2D eigenvalue weighted by Gasteiger charge is -2.06. The highest BCUT2D eigenvalue weighted by atomic mass is 32.1. The molecule has 2 aromatic heterocycles. The first kappa shape index (κ1) is 10.8.